The molecule has 0 radical (unpaired) electrons. The predicted octanol–water partition coefficient (Wildman–Crippen LogP) is 15.8. The monoisotopic (exact) mass is 812 g/mol. The van der Waals surface area contributed by atoms with Crippen molar-refractivity contribution in [1.82, 2.24) is 0 Å². The van der Waals surface area contributed by atoms with Gasteiger partial charge in [0.2, 0.25) is 0 Å². The van der Waals surface area contributed by atoms with Gasteiger partial charge in [0.05, 0.1) is 0 Å². The van der Waals surface area contributed by atoms with E-state index in [1.54, 1.807) is 0 Å². The van der Waals surface area contributed by atoms with E-state index < -0.39 is 18.9 Å². The number of hydrogen-bond acceptors (Lipinski definition) is 0. The third-order valence-corrected chi connectivity index (χ3v) is 16.6. The molecule has 10 aromatic rings. The van der Waals surface area contributed by atoms with Crippen molar-refractivity contribution >= 4 is 84.9 Å². The third kappa shape index (κ3) is 7.14. The van der Waals surface area contributed by atoms with Crippen molar-refractivity contribution in [3.05, 3.63) is 181 Å². The second-order valence-electron chi connectivity index (χ2n) is 14.3. The standard InChI is InChI=1S/2C24H17.C3H6.2ClH.Zr/c2*1-16-13-17-8-6-12-22(23(17)14-16)24-15-18-7-2-3-9-19(18)20-10-4-5-11-21(20)24;1-3-2;;;/h2*2-15H,1H3;1-2H3;2*1H;/q2*-1;;;;+2/p-2. The average molecular weight is 815 g/mol. The summed E-state index contributed by atoms with van der Waals surface area (Å²) in [6.45, 7) is 8.30. The summed E-state index contributed by atoms with van der Waals surface area (Å²) >= 11 is -1.84. The first-order valence-corrected chi connectivity index (χ1v) is 25.9. The molecule has 264 valence electrons. The van der Waals surface area contributed by atoms with Crippen molar-refractivity contribution in [2.45, 2.75) is 27.7 Å². The van der Waals surface area contributed by atoms with Crippen LogP contribution in [-0.4, -0.2) is 3.21 Å². The molecule has 0 amide bonds. The van der Waals surface area contributed by atoms with Gasteiger partial charge in [0, 0.05) is 0 Å². The van der Waals surface area contributed by atoms with Crippen LogP contribution in [0.5, 0.6) is 0 Å². The normalized spacial score (nSPS) is 11.1. The molecular formula is C51H40Cl2Zr-2. The zero-order chi connectivity index (χ0) is 37.3. The maximum absolute atomic E-state index is 5.54. The zero-order valence-electron chi connectivity index (χ0n) is 30.9. The smallest absolute Gasteiger partial charge is 0.00995 e. The van der Waals surface area contributed by atoms with E-state index in [4.69, 9.17) is 17.0 Å². The second kappa shape index (κ2) is 15.6. The molecule has 0 heterocycles. The Morgan fingerprint density at radius 3 is 1.13 bits per heavy atom. The minimum atomic E-state index is -1.84. The summed E-state index contributed by atoms with van der Waals surface area (Å²) in [5.74, 6) is 0. The summed E-state index contributed by atoms with van der Waals surface area (Å²) in [5, 5.41) is 15.9. The molecule has 0 nitrogen and oxygen atoms in total. The molecule has 10 rings (SSSR count). The van der Waals surface area contributed by atoms with Crippen molar-refractivity contribution in [3.8, 4) is 22.3 Å². The van der Waals surface area contributed by atoms with Gasteiger partial charge in [-0.25, -0.2) is 0 Å². The molecule has 0 unspecified atom stereocenters. The Labute approximate surface area is 332 Å². The summed E-state index contributed by atoms with van der Waals surface area (Å²) in [6, 6.07) is 61.9. The third-order valence-electron chi connectivity index (χ3n) is 10.3. The van der Waals surface area contributed by atoms with E-state index in [-0.39, 0.29) is 0 Å². The fourth-order valence-electron chi connectivity index (χ4n) is 7.79. The molecule has 0 N–H and O–H groups in total. The summed E-state index contributed by atoms with van der Waals surface area (Å²) in [7, 11) is 11.1. The maximum atomic E-state index is 5.54. The summed E-state index contributed by atoms with van der Waals surface area (Å²) in [6.07, 6.45) is 0. The first-order valence-electron chi connectivity index (χ1n) is 18.4. The Hall–Kier alpha value is -4.65. The van der Waals surface area contributed by atoms with Gasteiger partial charge < -0.3 is 0 Å². The molecule has 0 aliphatic carbocycles. The van der Waals surface area contributed by atoms with Crippen LogP contribution in [0.3, 0.4) is 0 Å². The Morgan fingerprint density at radius 1 is 0.389 bits per heavy atom. The van der Waals surface area contributed by atoms with Gasteiger partial charge in [-0.15, -0.1) is 69.1 Å². The minimum Gasteiger partial charge on any atom is -0.165 e. The minimum absolute atomic E-state index is 1.24. The first kappa shape index (κ1) is 36.3. The van der Waals surface area contributed by atoms with Gasteiger partial charge in [0.1, 0.15) is 0 Å². The van der Waals surface area contributed by atoms with Crippen LogP contribution >= 0.6 is 17.0 Å². The van der Waals surface area contributed by atoms with Crippen molar-refractivity contribution in [3.63, 3.8) is 0 Å². The molecule has 0 saturated carbocycles. The molecule has 0 aromatic heterocycles. The van der Waals surface area contributed by atoms with E-state index >= 15 is 0 Å². The van der Waals surface area contributed by atoms with Crippen LogP contribution in [0.4, 0.5) is 0 Å². The fraction of sp³-hybridized carbons (Fsp3) is 0.0784. The average Bonchev–Trinajstić information content (AvgIpc) is 3.78. The van der Waals surface area contributed by atoms with E-state index in [1.807, 2.05) is 13.8 Å². The maximum Gasteiger partial charge on any atom is -0.00995 e. The van der Waals surface area contributed by atoms with Gasteiger partial charge in [-0.3, -0.25) is 0 Å². The predicted molar refractivity (Wildman–Crippen MR) is 238 cm³/mol. The van der Waals surface area contributed by atoms with Crippen molar-refractivity contribution < 1.29 is 18.9 Å². The van der Waals surface area contributed by atoms with Crippen molar-refractivity contribution in [2.75, 3.05) is 0 Å². The molecule has 0 saturated heterocycles. The number of fused-ring (bicyclic) bond motifs is 8. The molecule has 0 fully saturated rings. The number of hydrogen-bond donors (Lipinski definition) is 0. The Bertz CT molecular complexity index is 2800. The molecule has 0 atom stereocenters. The van der Waals surface area contributed by atoms with Crippen LogP contribution in [0.1, 0.15) is 25.0 Å². The van der Waals surface area contributed by atoms with Gasteiger partial charge in [0.25, 0.3) is 0 Å². The molecule has 0 spiro atoms. The SMILES string of the molecule is C[C](C)=[Zr]([Cl])[Cl].Cc1cc2c(-c3cc4ccccc4c4ccccc34)cccc2[cH-]1.Cc1cc2c(-c3cc4ccccc4c4ccccc34)cccc2[cH-]1. The van der Waals surface area contributed by atoms with Crippen LogP contribution in [0.25, 0.3) is 86.9 Å². The van der Waals surface area contributed by atoms with Crippen LogP contribution < -0.4 is 0 Å². The summed E-state index contributed by atoms with van der Waals surface area (Å²) in [5.41, 5.74) is 7.93. The van der Waals surface area contributed by atoms with E-state index in [0.29, 0.717) is 0 Å². The number of halogens is 2. The fourth-order valence-corrected chi connectivity index (χ4v) is 7.79. The van der Waals surface area contributed by atoms with Gasteiger partial charge in [-0.1, -0.05) is 134 Å². The molecule has 0 aliphatic heterocycles. The Morgan fingerprint density at radius 2 is 0.741 bits per heavy atom. The van der Waals surface area contributed by atoms with Gasteiger partial charge >= 0.3 is 53.0 Å². The van der Waals surface area contributed by atoms with E-state index in [9.17, 15) is 0 Å². The molecule has 0 aliphatic rings. The van der Waals surface area contributed by atoms with E-state index in [1.165, 1.54) is 101 Å². The quantitative estimate of drug-likeness (QED) is 0.120. The summed E-state index contributed by atoms with van der Waals surface area (Å²) in [4.78, 5) is 0. The number of aryl methyl sites for hydroxylation is 2. The molecule has 54 heavy (non-hydrogen) atoms. The van der Waals surface area contributed by atoms with Crippen molar-refractivity contribution in [1.29, 1.82) is 0 Å². The summed E-state index contributed by atoms with van der Waals surface area (Å²) < 4.78 is 1.24. The van der Waals surface area contributed by atoms with Gasteiger partial charge in [-0.05, 0) is 66.3 Å². The van der Waals surface area contributed by atoms with E-state index in [0.717, 1.165) is 0 Å². The Kier molecular flexibility index (Phi) is 10.5. The van der Waals surface area contributed by atoms with E-state index in [2.05, 4.69) is 184 Å². The van der Waals surface area contributed by atoms with Crippen LogP contribution in [0.15, 0.2) is 170 Å². The zero-order valence-corrected chi connectivity index (χ0v) is 34.9. The number of benzene rings is 8. The molecule has 0 bridgehead atoms. The first-order chi connectivity index (χ1) is 26.3. The molecule has 10 aromatic carbocycles. The molecular weight excluding hydrogens is 775 g/mol. The molecule has 3 heteroatoms. The topological polar surface area (TPSA) is 0 Å². The largest absolute Gasteiger partial charge is 0.165 e. The van der Waals surface area contributed by atoms with Crippen LogP contribution in [0, 0.1) is 13.8 Å². The number of rotatable bonds is 2. The van der Waals surface area contributed by atoms with Crippen LogP contribution in [-0.2, 0) is 18.9 Å². The van der Waals surface area contributed by atoms with Gasteiger partial charge in [0.15, 0.2) is 0 Å². The van der Waals surface area contributed by atoms with Crippen LogP contribution in [0.2, 0.25) is 0 Å². The van der Waals surface area contributed by atoms with Gasteiger partial charge in [-0.2, -0.15) is 12.1 Å². The second-order valence-corrected chi connectivity index (χ2v) is 23.7. The van der Waals surface area contributed by atoms with Crippen molar-refractivity contribution in [2.24, 2.45) is 0 Å². The Balaban J connectivity index is 0.000000134.